The summed E-state index contributed by atoms with van der Waals surface area (Å²) >= 11 is 0. The normalized spacial score (nSPS) is 19.0. The molecule has 2 rings (SSSR count). The van der Waals surface area contributed by atoms with E-state index in [9.17, 15) is 22.4 Å². The maximum absolute atomic E-state index is 13.0. The molecule has 1 aromatic carbocycles. The van der Waals surface area contributed by atoms with Crippen LogP contribution < -0.4 is 5.32 Å². The Morgan fingerprint density at radius 3 is 2.64 bits per heavy atom. The fourth-order valence-electron chi connectivity index (χ4n) is 2.97. The largest absolute Gasteiger partial charge is 0.455 e. The number of benzene rings is 1. The third kappa shape index (κ3) is 5.98. The van der Waals surface area contributed by atoms with Crippen LogP contribution in [0, 0.1) is 11.7 Å². The van der Waals surface area contributed by atoms with Crippen molar-refractivity contribution in [3.63, 3.8) is 0 Å². The molecule has 8 nitrogen and oxygen atoms in total. The van der Waals surface area contributed by atoms with Gasteiger partial charge in [0.05, 0.1) is 17.4 Å². The smallest absolute Gasteiger partial charge is 0.310 e. The molecule has 156 valence electrons. The lowest BCUT2D eigenvalue weighted by atomic mass is 10.00. The number of hydrogen-bond donors (Lipinski definition) is 1. The molecule has 1 aliphatic rings. The number of carbonyl (C=O) groups excluding carboxylic acids is 2. The number of amides is 1. The predicted octanol–water partition coefficient (Wildman–Crippen LogP) is 0.921. The van der Waals surface area contributed by atoms with Crippen LogP contribution >= 0.6 is 0 Å². The summed E-state index contributed by atoms with van der Waals surface area (Å²) < 4.78 is 49.6. The molecule has 2 unspecified atom stereocenters. The van der Waals surface area contributed by atoms with E-state index >= 15 is 0 Å². The number of ether oxygens (including phenoxy) is 2. The zero-order valence-corrected chi connectivity index (χ0v) is 16.7. The van der Waals surface area contributed by atoms with Gasteiger partial charge in [-0.1, -0.05) is 0 Å². The van der Waals surface area contributed by atoms with E-state index in [1.807, 2.05) is 0 Å². The van der Waals surface area contributed by atoms with Crippen LogP contribution in [0.5, 0.6) is 0 Å². The summed E-state index contributed by atoms with van der Waals surface area (Å²) in [6.45, 7) is 1.87. The molecule has 1 aliphatic heterocycles. The Kier molecular flexibility index (Phi) is 7.90. The van der Waals surface area contributed by atoms with Crippen LogP contribution in [0.1, 0.15) is 19.8 Å². The lowest BCUT2D eigenvalue weighted by molar-refractivity contribution is -0.153. The van der Waals surface area contributed by atoms with E-state index in [0.717, 1.165) is 12.1 Å². The Morgan fingerprint density at radius 1 is 1.32 bits per heavy atom. The fourth-order valence-corrected chi connectivity index (χ4v) is 4.50. The molecule has 0 saturated carbocycles. The van der Waals surface area contributed by atoms with Gasteiger partial charge in [0.2, 0.25) is 10.0 Å². The molecule has 0 aliphatic carbocycles. The average molecular weight is 416 g/mol. The van der Waals surface area contributed by atoms with Crippen LogP contribution in [0.2, 0.25) is 0 Å². The van der Waals surface area contributed by atoms with E-state index in [0.29, 0.717) is 19.4 Å². The van der Waals surface area contributed by atoms with E-state index in [2.05, 4.69) is 5.32 Å². The molecule has 2 atom stereocenters. The zero-order valence-electron chi connectivity index (χ0n) is 15.9. The Labute approximate surface area is 164 Å². The van der Waals surface area contributed by atoms with Gasteiger partial charge in [0.1, 0.15) is 5.82 Å². The first-order valence-corrected chi connectivity index (χ1v) is 10.4. The minimum atomic E-state index is -3.83. The van der Waals surface area contributed by atoms with E-state index in [1.54, 1.807) is 6.92 Å². The lowest BCUT2D eigenvalue weighted by Gasteiger charge is -2.30. The van der Waals surface area contributed by atoms with Gasteiger partial charge in [0, 0.05) is 26.2 Å². The first-order chi connectivity index (χ1) is 13.2. The van der Waals surface area contributed by atoms with Crippen molar-refractivity contribution < 1.29 is 31.9 Å². The minimum Gasteiger partial charge on any atom is -0.455 e. The van der Waals surface area contributed by atoms with Crippen LogP contribution in [0.4, 0.5) is 4.39 Å². The SMILES string of the molecule is COCC(C)NC(=O)COC(=O)C1CCCN(S(=O)(=O)c2ccc(F)cc2)C1. The summed E-state index contributed by atoms with van der Waals surface area (Å²) in [7, 11) is -2.32. The summed E-state index contributed by atoms with van der Waals surface area (Å²) in [5.74, 6) is -2.26. The third-order valence-corrected chi connectivity index (χ3v) is 6.22. The van der Waals surface area contributed by atoms with Crippen molar-refractivity contribution in [1.29, 1.82) is 0 Å². The standard InChI is InChI=1S/C18H25FN2O6S/c1-13(11-26-2)20-17(22)12-27-18(23)14-4-3-9-21(10-14)28(24,25)16-7-5-15(19)6-8-16/h5-8,13-14H,3-4,9-12H2,1-2H3,(H,20,22). The van der Waals surface area contributed by atoms with Crippen LogP contribution in [-0.4, -0.2) is 64.1 Å². The topological polar surface area (TPSA) is 102 Å². The summed E-state index contributed by atoms with van der Waals surface area (Å²) in [5, 5.41) is 2.62. The summed E-state index contributed by atoms with van der Waals surface area (Å²) in [6.07, 6.45) is 0.952. The number of nitrogens with zero attached hydrogens (tertiary/aromatic N) is 1. The number of piperidine rings is 1. The molecule has 0 aromatic heterocycles. The highest BCUT2D eigenvalue weighted by molar-refractivity contribution is 7.89. The van der Waals surface area contributed by atoms with Crippen molar-refractivity contribution in [2.24, 2.45) is 5.92 Å². The number of hydrogen-bond acceptors (Lipinski definition) is 6. The second-order valence-electron chi connectivity index (χ2n) is 6.69. The van der Waals surface area contributed by atoms with Gasteiger partial charge in [-0.25, -0.2) is 12.8 Å². The summed E-state index contributed by atoms with van der Waals surface area (Å²) in [6, 6.07) is 4.32. The molecule has 1 heterocycles. The van der Waals surface area contributed by atoms with Crippen LogP contribution in [0.3, 0.4) is 0 Å². The van der Waals surface area contributed by atoms with Crippen molar-refractivity contribution in [2.75, 3.05) is 33.4 Å². The average Bonchev–Trinajstić information content (AvgIpc) is 2.66. The number of nitrogens with one attached hydrogen (secondary N) is 1. The maximum Gasteiger partial charge on any atom is 0.310 e. The maximum atomic E-state index is 13.0. The zero-order chi connectivity index (χ0) is 20.7. The highest BCUT2D eigenvalue weighted by atomic mass is 32.2. The van der Waals surface area contributed by atoms with E-state index in [4.69, 9.17) is 9.47 Å². The highest BCUT2D eigenvalue weighted by Gasteiger charge is 2.34. The number of rotatable bonds is 8. The molecule has 0 spiro atoms. The summed E-state index contributed by atoms with van der Waals surface area (Å²) in [4.78, 5) is 24.0. The van der Waals surface area contributed by atoms with Gasteiger partial charge in [-0.2, -0.15) is 4.31 Å². The molecule has 10 heteroatoms. The second kappa shape index (κ2) is 9.94. The first-order valence-electron chi connectivity index (χ1n) is 8.94. The molecule has 1 N–H and O–H groups in total. The van der Waals surface area contributed by atoms with E-state index in [1.165, 1.54) is 23.5 Å². The molecule has 1 amide bonds. The van der Waals surface area contributed by atoms with Gasteiger partial charge in [-0.3, -0.25) is 9.59 Å². The second-order valence-corrected chi connectivity index (χ2v) is 8.63. The molecule has 1 fully saturated rings. The molecular weight excluding hydrogens is 391 g/mol. The van der Waals surface area contributed by atoms with Crippen molar-refractivity contribution in [1.82, 2.24) is 9.62 Å². The van der Waals surface area contributed by atoms with Crippen LogP contribution in [0.15, 0.2) is 29.2 Å². The Morgan fingerprint density at radius 2 is 2.00 bits per heavy atom. The van der Waals surface area contributed by atoms with Gasteiger partial charge in [-0.15, -0.1) is 0 Å². The molecule has 1 aromatic rings. The van der Waals surface area contributed by atoms with Crippen molar-refractivity contribution >= 4 is 21.9 Å². The Bertz CT molecular complexity index is 784. The molecule has 28 heavy (non-hydrogen) atoms. The highest BCUT2D eigenvalue weighted by Crippen LogP contribution is 2.24. The van der Waals surface area contributed by atoms with Crippen LogP contribution in [-0.2, 0) is 29.1 Å². The van der Waals surface area contributed by atoms with Crippen molar-refractivity contribution in [2.45, 2.75) is 30.7 Å². The lowest BCUT2D eigenvalue weighted by Crippen LogP contribution is -2.43. The van der Waals surface area contributed by atoms with Gasteiger partial charge < -0.3 is 14.8 Å². The monoisotopic (exact) mass is 416 g/mol. The number of methoxy groups -OCH3 is 1. The first kappa shape index (κ1) is 22.3. The van der Waals surface area contributed by atoms with Gasteiger partial charge in [0.25, 0.3) is 5.91 Å². The van der Waals surface area contributed by atoms with E-state index < -0.39 is 40.2 Å². The number of esters is 1. The van der Waals surface area contributed by atoms with E-state index in [-0.39, 0.29) is 24.0 Å². The number of sulfonamides is 1. The third-order valence-electron chi connectivity index (χ3n) is 4.34. The van der Waals surface area contributed by atoms with Gasteiger partial charge in [0.15, 0.2) is 6.61 Å². The quantitative estimate of drug-likeness (QED) is 0.633. The number of carbonyl (C=O) groups is 2. The Balaban J connectivity index is 1.92. The summed E-state index contributed by atoms with van der Waals surface area (Å²) in [5.41, 5.74) is 0. The van der Waals surface area contributed by atoms with Crippen LogP contribution in [0.25, 0.3) is 0 Å². The van der Waals surface area contributed by atoms with Crippen molar-refractivity contribution in [3.8, 4) is 0 Å². The molecule has 1 saturated heterocycles. The van der Waals surface area contributed by atoms with Gasteiger partial charge >= 0.3 is 5.97 Å². The predicted molar refractivity (Wildman–Crippen MR) is 98.3 cm³/mol. The van der Waals surface area contributed by atoms with Gasteiger partial charge in [-0.05, 0) is 44.0 Å². The molecule has 0 bridgehead atoms. The van der Waals surface area contributed by atoms with Crippen molar-refractivity contribution in [3.05, 3.63) is 30.1 Å². The molecule has 0 radical (unpaired) electrons. The Hall–Kier alpha value is -2.04. The fraction of sp³-hybridized carbons (Fsp3) is 0.556. The minimum absolute atomic E-state index is 0.0329. The molecular formula is C18H25FN2O6S. The number of halogens is 1.